The molecule has 2 amide bonds. The maximum absolute atomic E-state index is 12.5. The van der Waals surface area contributed by atoms with E-state index in [1.54, 1.807) is 0 Å². The van der Waals surface area contributed by atoms with Crippen molar-refractivity contribution < 1.29 is 9.59 Å². The Morgan fingerprint density at radius 3 is 2.68 bits per heavy atom. The lowest BCUT2D eigenvalue weighted by Gasteiger charge is -2.36. The molecule has 3 rings (SSSR count). The average Bonchev–Trinajstić information content (AvgIpc) is 3.13. The fourth-order valence-corrected chi connectivity index (χ4v) is 4.51. The number of amides is 2. The summed E-state index contributed by atoms with van der Waals surface area (Å²) in [5, 5.41) is 11.9. The summed E-state index contributed by atoms with van der Waals surface area (Å²) in [7, 11) is 0. The van der Waals surface area contributed by atoms with Crippen LogP contribution in [0.25, 0.3) is 0 Å². The van der Waals surface area contributed by atoms with Crippen LogP contribution in [0.4, 0.5) is 10.8 Å². The molecule has 1 fully saturated rings. The molecule has 0 radical (unpaired) electrons. The second kappa shape index (κ2) is 9.58. The Bertz CT molecular complexity index is 837. The fourth-order valence-electron chi connectivity index (χ4n) is 2.67. The van der Waals surface area contributed by atoms with E-state index in [-0.39, 0.29) is 17.7 Å². The highest BCUT2D eigenvalue weighted by molar-refractivity contribution is 8.01. The molecule has 1 saturated heterocycles. The van der Waals surface area contributed by atoms with E-state index in [0.717, 1.165) is 18.8 Å². The normalized spacial score (nSPS) is 14.4. The SMILES string of the molecule is CC(C)C(=O)Nc1nnc(SCC(=O)N2CCN(c3cccc(Cl)c3)CC2)s1. The summed E-state index contributed by atoms with van der Waals surface area (Å²) in [6.07, 6.45) is 0. The predicted octanol–water partition coefficient (Wildman–Crippen LogP) is 3.23. The molecule has 10 heteroatoms. The van der Waals surface area contributed by atoms with E-state index < -0.39 is 0 Å². The summed E-state index contributed by atoms with van der Waals surface area (Å²) in [4.78, 5) is 28.3. The summed E-state index contributed by atoms with van der Waals surface area (Å²) >= 11 is 8.69. The number of piperazine rings is 1. The Morgan fingerprint density at radius 2 is 2.00 bits per heavy atom. The topological polar surface area (TPSA) is 78.4 Å². The van der Waals surface area contributed by atoms with Crippen LogP contribution in [-0.4, -0.2) is 58.8 Å². The fraction of sp³-hybridized carbons (Fsp3) is 0.444. The third kappa shape index (κ3) is 5.59. The first-order chi connectivity index (χ1) is 13.4. The molecular weight excluding hydrogens is 418 g/mol. The summed E-state index contributed by atoms with van der Waals surface area (Å²) in [6.45, 7) is 6.55. The van der Waals surface area contributed by atoms with Crippen LogP contribution in [0.15, 0.2) is 28.6 Å². The number of halogens is 1. The van der Waals surface area contributed by atoms with Crippen LogP contribution < -0.4 is 10.2 Å². The van der Waals surface area contributed by atoms with Crippen LogP contribution in [0.3, 0.4) is 0 Å². The van der Waals surface area contributed by atoms with E-state index in [4.69, 9.17) is 11.6 Å². The van der Waals surface area contributed by atoms with Crippen molar-refractivity contribution in [2.75, 3.05) is 42.1 Å². The van der Waals surface area contributed by atoms with Crippen molar-refractivity contribution in [2.24, 2.45) is 5.92 Å². The number of carbonyl (C=O) groups is 2. The van der Waals surface area contributed by atoms with Crippen LogP contribution in [0.5, 0.6) is 0 Å². The molecular formula is C18H22ClN5O2S2. The molecule has 0 aliphatic carbocycles. The van der Waals surface area contributed by atoms with Gasteiger partial charge in [-0.05, 0) is 18.2 Å². The molecule has 150 valence electrons. The molecule has 0 atom stereocenters. The Morgan fingerprint density at radius 1 is 1.25 bits per heavy atom. The highest BCUT2D eigenvalue weighted by atomic mass is 35.5. The Balaban J connectivity index is 1.45. The number of anilines is 2. The van der Waals surface area contributed by atoms with Gasteiger partial charge in [-0.25, -0.2) is 0 Å². The van der Waals surface area contributed by atoms with Crippen LogP contribution in [0, 0.1) is 5.92 Å². The molecule has 0 spiro atoms. The van der Waals surface area contributed by atoms with Crippen LogP contribution in [0.2, 0.25) is 5.02 Å². The van der Waals surface area contributed by atoms with Crippen molar-refractivity contribution in [2.45, 2.75) is 18.2 Å². The number of rotatable bonds is 6. The minimum absolute atomic E-state index is 0.0821. The molecule has 2 aromatic rings. The van der Waals surface area contributed by atoms with E-state index in [2.05, 4.69) is 20.4 Å². The highest BCUT2D eigenvalue weighted by Gasteiger charge is 2.22. The molecule has 7 nitrogen and oxygen atoms in total. The molecule has 28 heavy (non-hydrogen) atoms. The lowest BCUT2D eigenvalue weighted by atomic mass is 10.2. The largest absolute Gasteiger partial charge is 0.368 e. The van der Waals surface area contributed by atoms with Crippen molar-refractivity contribution in [1.82, 2.24) is 15.1 Å². The minimum Gasteiger partial charge on any atom is -0.368 e. The zero-order valence-corrected chi connectivity index (χ0v) is 18.1. The summed E-state index contributed by atoms with van der Waals surface area (Å²) in [5.74, 6) is 0.177. The van der Waals surface area contributed by atoms with Gasteiger partial charge in [0.15, 0.2) is 4.34 Å². The monoisotopic (exact) mass is 439 g/mol. The van der Waals surface area contributed by atoms with Gasteiger partial charge in [-0.1, -0.05) is 54.6 Å². The number of thioether (sulfide) groups is 1. The Labute approximate surface area is 177 Å². The summed E-state index contributed by atoms with van der Waals surface area (Å²) < 4.78 is 0.671. The molecule has 0 unspecified atom stereocenters. The van der Waals surface area contributed by atoms with Gasteiger partial charge in [-0.15, -0.1) is 10.2 Å². The number of hydrogen-bond donors (Lipinski definition) is 1. The Hall–Kier alpha value is -1.84. The minimum atomic E-state index is -0.118. The van der Waals surface area contributed by atoms with E-state index in [9.17, 15) is 9.59 Å². The Kier molecular flexibility index (Phi) is 7.14. The first-order valence-electron chi connectivity index (χ1n) is 8.98. The number of carbonyl (C=O) groups excluding carboxylic acids is 2. The number of benzene rings is 1. The molecule has 0 saturated carbocycles. The van der Waals surface area contributed by atoms with Gasteiger partial charge in [0.2, 0.25) is 16.9 Å². The van der Waals surface area contributed by atoms with Gasteiger partial charge in [0.1, 0.15) is 0 Å². The second-order valence-electron chi connectivity index (χ2n) is 6.65. The van der Waals surface area contributed by atoms with Gasteiger partial charge in [0, 0.05) is 42.8 Å². The first kappa shape index (κ1) is 20.9. The third-order valence-electron chi connectivity index (χ3n) is 4.29. The van der Waals surface area contributed by atoms with Gasteiger partial charge in [-0.2, -0.15) is 0 Å². The first-order valence-corrected chi connectivity index (χ1v) is 11.2. The smallest absolute Gasteiger partial charge is 0.233 e. The van der Waals surface area contributed by atoms with Gasteiger partial charge in [0.25, 0.3) is 0 Å². The maximum Gasteiger partial charge on any atom is 0.233 e. The van der Waals surface area contributed by atoms with Crippen molar-refractivity contribution in [1.29, 1.82) is 0 Å². The van der Waals surface area contributed by atoms with Crippen LogP contribution in [-0.2, 0) is 9.59 Å². The maximum atomic E-state index is 12.5. The third-order valence-corrected chi connectivity index (χ3v) is 6.48. The van der Waals surface area contributed by atoms with Crippen LogP contribution in [0.1, 0.15) is 13.8 Å². The van der Waals surface area contributed by atoms with Gasteiger partial charge in [-0.3, -0.25) is 9.59 Å². The predicted molar refractivity (Wildman–Crippen MR) is 114 cm³/mol. The summed E-state index contributed by atoms with van der Waals surface area (Å²) in [5.41, 5.74) is 1.08. The lowest BCUT2D eigenvalue weighted by Crippen LogP contribution is -2.49. The average molecular weight is 440 g/mol. The molecule has 1 aliphatic heterocycles. The number of aromatic nitrogens is 2. The lowest BCUT2D eigenvalue weighted by molar-refractivity contribution is -0.128. The zero-order chi connectivity index (χ0) is 20.1. The van der Waals surface area contributed by atoms with Gasteiger partial charge >= 0.3 is 0 Å². The highest BCUT2D eigenvalue weighted by Crippen LogP contribution is 2.26. The zero-order valence-electron chi connectivity index (χ0n) is 15.7. The van der Waals surface area contributed by atoms with Gasteiger partial charge in [0.05, 0.1) is 5.75 Å². The molecule has 2 heterocycles. The van der Waals surface area contributed by atoms with Gasteiger partial charge < -0.3 is 15.1 Å². The van der Waals surface area contributed by atoms with E-state index in [1.165, 1.54) is 23.1 Å². The number of nitrogens with zero attached hydrogens (tertiary/aromatic N) is 4. The van der Waals surface area contributed by atoms with Crippen molar-refractivity contribution in [3.05, 3.63) is 29.3 Å². The molecule has 0 bridgehead atoms. The van der Waals surface area contributed by atoms with E-state index in [1.807, 2.05) is 43.0 Å². The van der Waals surface area contributed by atoms with Crippen LogP contribution >= 0.6 is 34.7 Å². The number of hydrogen-bond acceptors (Lipinski definition) is 7. The van der Waals surface area contributed by atoms with Crippen molar-refractivity contribution in [3.8, 4) is 0 Å². The molecule has 1 aliphatic rings. The summed E-state index contributed by atoms with van der Waals surface area (Å²) in [6, 6.07) is 7.77. The molecule has 1 N–H and O–H groups in total. The quantitative estimate of drug-likeness (QED) is 0.550. The standard InChI is InChI=1S/C18H22ClN5O2S2/c1-12(2)16(26)20-17-21-22-18(28-17)27-11-15(25)24-8-6-23(7-9-24)14-5-3-4-13(19)10-14/h3-5,10,12H,6-9,11H2,1-2H3,(H,20,21,26). The van der Waals surface area contributed by atoms with E-state index >= 15 is 0 Å². The molecule has 1 aromatic heterocycles. The van der Waals surface area contributed by atoms with Crippen molar-refractivity contribution in [3.63, 3.8) is 0 Å². The van der Waals surface area contributed by atoms with E-state index in [0.29, 0.717) is 33.3 Å². The molecule has 1 aromatic carbocycles. The number of nitrogens with one attached hydrogen (secondary N) is 1. The second-order valence-corrected chi connectivity index (χ2v) is 9.29. The van der Waals surface area contributed by atoms with Crippen molar-refractivity contribution >= 4 is 57.3 Å².